The van der Waals surface area contributed by atoms with Gasteiger partial charge < -0.3 is 9.47 Å². The van der Waals surface area contributed by atoms with Crippen LogP contribution in [-0.2, 0) is 17.9 Å². The standard InChI is InChI=1S/C20H18BrN3O.ClH/c1-14-4-2-5-15(8-14)11-23-12-18-10-22-13-24(18)19(20(23)25)16-6-3-7-17(21)9-16;/h2-10,13,19H,11-12H2,1H3;1H. The third-order valence-electron chi connectivity index (χ3n) is 4.54. The van der Waals surface area contributed by atoms with Crippen molar-refractivity contribution < 1.29 is 4.79 Å². The first-order chi connectivity index (χ1) is 12.1. The molecule has 3 aromatic rings. The lowest BCUT2D eigenvalue weighted by Gasteiger charge is -2.34. The van der Waals surface area contributed by atoms with E-state index in [2.05, 4.69) is 46.0 Å². The van der Waals surface area contributed by atoms with E-state index in [9.17, 15) is 4.79 Å². The van der Waals surface area contributed by atoms with Gasteiger partial charge in [0.1, 0.15) is 6.04 Å². The summed E-state index contributed by atoms with van der Waals surface area (Å²) in [5.74, 6) is 0.102. The molecule has 0 saturated heterocycles. The highest BCUT2D eigenvalue weighted by atomic mass is 79.9. The lowest BCUT2D eigenvalue weighted by molar-refractivity contribution is -0.136. The van der Waals surface area contributed by atoms with Gasteiger partial charge >= 0.3 is 0 Å². The number of hydrogen-bond acceptors (Lipinski definition) is 2. The summed E-state index contributed by atoms with van der Waals surface area (Å²) in [6.45, 7) is 3.26. The molecule has 26 heavy (non-hydrogen) atoms. The fourth-order valence-electron chi connectivity index (χ4n) is 3.40. The van der Waals surface area contributed by atoms with E-state index in [1.165, 1.54) is 5.56 Å². The van der Waals surface area contributed by atoms with Crippen molar-refractivity contribution in [3.63, 3.8) is 0 Å². The van der Waals surface area contributed by atoms with Gasteiger partial charge in [-0.3, -0.25) is 4.79 Å². The van der Waals surface area contributed by atoms with Gasteiger partial charge in [-0.1, -0.05) is 57.9 Å². The lowest BCUT2D eigenvalue weighted by atomic mass is 10.0. The van der Waals surface area contributed by atoms with Gasteiger partial charge in [-0.2, -0.15) is 0 Å². The molecule has 1 aliphatic rings. The molecule has 2 heterocycles. The first-order valence-corrected chi connectivity index (χ1v) is 9.01. The third kappa shape index (κ3) is 3.55. The molecule has 134 valence electrons. The van der Waals surface area contributed by atoms with Crippen molar-refractivity contribution >= 4 is 34.2 Å². The number of amides is 1. The van der Waals surface area contributed by atoms with Gasteiger partial charge in [0.05, 0.1) is 18.6 Å². The van der Waals surface area contributed by atoms with Crippen molar-refractivity contribution in [1.82, 2.24) is 14.5 Å². The van der Waals surface area contributed by atoms with Crippen LogP contribution in [0.15, 0.2) is 65.5 Å². The van der Waals surface area contributed by atoms with Crippen LogP contribution >= 0.6 is 28.3 Å². The zero-order chi connectivity index (χ0) is 17.4. The number of carbonyl (C=O) groups excluding carboxylic acids is 1. The van der Waals surface area contributed by atoms with Crippen LogP contribution in [0.4, 0.5) is 0 Å². The molecule has 1 unspecified atom stereocenters. The monoisotopic (exact) mass is 431 g/mol. The average Bonchev–Trinajstić information content (AvgIpc) is 3.03. The van der Waals surface area contributed by atoms with Gasteiger partial charge in [0.15, 0.2) is 0 Å². The second kappa shape index (κ2) is 7.64. The smallest absolute Gasteiger partial charge is 0.250 e. The van der Waals surface area contributed by atoms with Crippen molar-refractivity contribution in [2.24, 2.45) is 0 Å². The maximum absolute atomic E-state index is 13.2. The van der Waals surface area contributed by atoms with Crippen LogP contribution in [0.25, 0.3) is 0 Å². The minimum absolute atomic E-state index is 0. The summed E-state index contributed by atoms with van der Waals surface area (Å²) >= 11 is 3.51. The topological polar surface area (TPSA) is 38.1 Å². The van der Waals surface area contributed by atoms with Crippen molar-refractivity contribution in [1.29, 1.82) is 0 Å². The number of nitrogens with zero attached hydrogens (tertiary/aromatic N) is 3. The van der Waals surface area contributed by atoms with Crippen molar-refractivity contribution in [3.8, 4) is 0 Å². The lowest BCUT2D eigenvalue weighted by Crippen LogP contribution is -2.42. The quantitative estimate of drug-likeness (QED) is 0.611. The Morgan fingerprint density at radius 3 is 2.77 bits per heavy atom. The Bertz CT molecular complexity index is 940. The Morgan fingerprint density at radius 2 is 2.00 bits per heavy atom. The van der Waals surface area contributed by atoms with Crippen molar-refractivity contribution in [2.75, 3.05) is 0 Å². The molecule has 0 saturated carbocycles. The van der Waals surface area contributed by atoms with Crippen molar-refractivity contribution in [2.45, 2.75) is 26.1 Å². The molecule has 0 N–H and O–H groups in total. The van der Waals surface area contributed by atoms with Gasteiger partial charge in [0.2, 0.25) is 0 Å². The number of hydrogen-bond donors (Lipinski definition) is 0. The number of rotatable bonds is 3. The van der Waals surface area contributed by atoms with E-state index in [4.69, 9.17) is 0 Å². The Hall–Kier alpha value is -2.11. The third-order valence-corrected chi connectivity index (χ3v) is 5.04. The Balaban J connectivity index is 0.00000196. The van der Waals surface area contributed by atoms with E-state index >= 15 is 0 Å². The van der Waals surface area contributed by atoms with E-state index in [1.54, 1.807) is 6.33 Å². The van der Waals surface area contributed by atoms with E-state index in [-0.39, 0.29) is 24.4 Å². The average molecular weight is 433 g/mol. The maximum atomic E-state index is 13.2. The SMILES string of the molecule is Cc1cccc(CN2Cc3cncn3C(c3cccc(Br)c3)C2=O)c1.Cl. The van der Waals surface area contributed by atoms with Crippen LogP contribution < -0.4 is 0 Å². The van der Waals surface area contributed by atoms with E-state index in [1.807, 2.05) is 46.0 Å². The Morgan fingerprint density at radius 1 is 1.19 bits per heavy atom. The molecular formula is C20H19BrClN3O. The first-order valence-electron chi connectivity index (χ1n) is 8.22. The van der Waals surface area contributed by atoms with Gasteiger partial charge in [0, 0.05) is 17.2 Å². The summed E-state index contributed by atoms with van der Waals surface area (Å²) in [6, 6.07) is 15.9. The largest absolute Gasteiger partial charge is 0.330 e. The number of fused-ring (bicyclic) bond motifs is 1. The zero-order valence-electron chi connectivity index (χ0n) is 14.3. The normalized spacial score (nSPS) is 16.2. The molecule has 4 nitrogen and oxygen atoms in total. The summed E-state index contributed by atoms with van der Waals surface area (Å²) < 4.78 is 2.95. The summed E-state index contributed by atoms with van der Waals surface area (Å²) in [5.41, 5.74) is 4.37. The number of halogens is 2. The maximum Gasteiger partial charge on any atom is 0.250 e. The van der Waals surface area contributed by atoms with Crippen LogP contribution in [0.1, 0.15) is 28.4 Å². The summed E-state index contributed by atoms with van der Waals surface area (Å²) in [5, 5.41) is 0. The van der Waals surface area contributed by atoms with Gasteiger partial charge in [-0.25, -0.2) is 4.98 Å². The predicted molar refractivity (Wildman–Crippen MR) is 107 cm³/mol. The minimum Gasteiger partial charge on any atom is -0.330 e. The minimum atomic E-state index is -0.367. The van der Waals surface area contributed by atoms with E-state index < -0.39 is 0 Å². The highest BCUT2D eigenvalue weighted by Gasteiger charge is 2.34. The molecule has 1 aromatic heterocycles. The van der Waals surface area contributed by atoms with Crippen LogP contribution in [0, 0.1) is 6.92 Å². The Kier molecular flexibility index (Phi) is 5.49. The molecule has 0 fully saturated rings. The van der Waals surface area contributed by atoms with E-state index in [0.29, 0.717) is 13.1 Å². The summed E-state index contributed by atoms with van der Waals surface area (Å²) in [6.07, 6.45) is 3.60. The number of benzene rings is 2. The molecule has 4 rings (SSSR count). The molecule has 0 radical (unpaired) electrons. The number of imidazole rings is 1. The predicted octanol–water partition coefficient (Wildman–Crippen LogP) is 4.51. The molecule has 6 heteroatoms. The number of carbonyl (C=O) groups is 1. The van der Waals surface area contributed by atoms with Crippen LogP contribution in [0.3, 0.4) is 0 Å². The van der Waals surface area contributed by atoms with Crippen LogP contribution in [0.5, 0.6) is 0 Å². The van der Waals surface area contributed by atoms with E-state index in [0.717, 1.165) is 21.3 Å². The molecule has 0 aliphatic carbocycles. The van der Waals surface area contributed by atoms with Gasteiger partial charge in [-0.05, 0) is 30.2 Å². The zero-order valence-corrected chi connectivity index (χ0v) is 16.7. The molecule has 2 aromatic carbocycles. The molecule has 0 spiro atoms. The molecule has 1 amide bonds. The molecule has 1 atom stereocenters. The van der Waals surface area contributed by atoms with Gasteiger partial charge in [-0.15, -0.1) is 12.4 Å². The van der Waals surface area contributed by atoms with Crippen molar-refractivity contribution in [3.05, 3.63) is 87.9 Å². The van der Waals surface area contributed by atoms with Gasteiger partial charge in [0.25, 0.3) is 5.91 Å². The highest BCUT2D eigenvalue weighted by Crippen LogP contribution is 2.30. The summed E-state index contributed by atoms with van der Waals surface area (Å²) in [4.78, 5) is 19.4. The fraction of sp³-hybridized carbons (Fsp3) is 0.200. The van der Waals surface area contributed by atoms with Crippen LogP contribution in [-0.4, -0.2) is 20.4 Å². The molecular weight excluding hydrogens is 414 g/mol. The Labute approximate surface area is 167 Å². The highest BCUT2D eigenvalue weighted by molar-refractivity contribution is 9.10. The number of aromatic nitrogens is 2. The number of aryl methyl sites for hydroxylation is 1. The summed E-state index contributed by atoms with van der Waals surface area (Å²) in [7, 11) is 0. The van der Waals surface area contributed by atoms with Crippen LogP contribution in [0.2, 0.25) is 0 Å². The fourth-order valence-corrected chi connectivity index (χ4v) is 3.81. The molecule has 1 aliphatic heterocycles. The second-order valence-electron chi connectivity index (χ2n) is 6.43. The first kappa shape index (κ1) is 18.7. The second-order valence-corrected chi connectivity index (χ2v) is 7.35. The molecule has 0 bridgehead atoms.